The maximum Gasteiger partial charge on any atom is 0.298 e. The average molecular weight is 698 g/mol. The second kappa shape index (κ2) is 14.0. The summed E-state index contributed by atoms with van der Waals surface area (Å²) >= 11 is 6.02. The largest absolute Gasteiger partial charge is 0.496 e. The number of hydrogen-bond donors (Lipinski definition) is 2. The van der Waals surface area contributed by atoms with E-state index in [1.54, 1.807) is 42.5 Å². The number of carbonyl (C=O) groups is 1. The van der Waals surface area contributed by atoms with Crippen LogP contribution in [0.5, 0.6) is 11.5 Å². The highest BCUT2D eigenvalue weighted by Crippen LogP contribution is 2.40. The van der Waals surface area contributed by atoms with Gasteiger partial charge >= 0.3 is 0 Å². The molecule has 12 heteroatoms. The Morgan fingerprint density at radius 1 is 0.938 bits per heavy atom. The number of benzene rings is 4. The molecular weight excluding hydrogens is 660 g/mol. The highest BCUT2D eigenvalue weighted by atomic mass is 35.5. The number of sulfonamides is 1. The van der Waals surface area contributed by atoms with Crippen molar-refractivity contribution in [1.82, 2.24) is 9.62 Å². The van der Waals surface area contributed by atoms with Crippen LogP contribution in [0.4, 0.5) is 8.78 Å². The van der Waals surface area contributed by atoms with E-state index >= 15 is 8.78 Å². The van der Waals surface area contributed by atoms with Gasteiger partial charge in [-0.1, -0.05) is 48.0 Å². The molecule has 2 aliphatic rings. The van der Waals surface area contributed by atoms with E-state index in [4.69, 9.17) is 26.8 Å². The van der Waals surface area contributed by atoms with Crippen molar-refractivity contribution in [2.45, 2.75) is 67.5 Å². The quantitative estimate of drug-likeness (QED) is 0.187. The minimum atomic E-state index is -4.61. The molecule has 8 nitrogen and oxygen atoms in total. The minimum Gasteiger partial charge on any atom is -0.496 e. The van der Waals surface area contributed by atoms with Crippen LogP contribution >= 0.6 is 11.6 Å². The molecule has 0 bridgehead atoms. The van der Waals surface area contributed by atoms with E-state index in [2.05, 4.69) is 4.72 Å². The summed E-state index contributed by atoms with van der Waals surface area (Å²) in [6, 6.07) is 17.6. The van der Waals surface area contributed by atoms with Crippen molar-refractivity contribution < 1.29 is 31.5 Å². The summed E-state index contributed by atoms with van der Waals surface area (Å²) in [5.41, 5.74) is 6.62. The molecule has 4 aromatic rings. The van der Waals surface area contributed by atoms with E-state index in [0.29, 0.717) is 40.1 Å². The zero-order valence-corrected chi connectivity index (χ0v) is 28.1. The first-order chi connectivity index (χ1) is 22.9. The molecule has 0 aromatic heterocycles. The summed E-state index contributed by atoms with van der Waals surface area (Å²) in [6.07, 6.45) is 5.23. The normalized spacial score (nSPS) is 17.1. The molecule has 1 unspecified atom stereocenters. The van der Waals surface area contributed by atoms with Gasteiger partial charge in [-0.05, 0) is 97.3 Å². The van der Waals surface area contributed by atoms with E-state index < -0.39 is 33.5 Å². The van der Waals surface area contributed by atoms with Crippen LogP contribution in [0.25, 0.3) is 21.9 Å². The van der Waals surface area contributed by atoms with Crippen LogP contribution < -0.4 is 19.9 Å². The first kappa shape index (κ1) is 34.1. The van der Waals surface area contributed by atoms with Crippen molar-refractivity contribution in [2.75, 3.05) is 20.2 Å². The zero-order valence-electron chi connectivity index (χ0n) is 26.5. The summed E-state index contributed by atoms with van der Waals surface area (Å²) < 4.78 is 74.5. The van der Waals surface area contributed by atoms with E-state index in [-0.39, 0.29) is 35.9 Å². The van der Waals surface area contributed by atoms with Gasteiger partial charge in [-0.25, -0.2) is 8.42 Å². The number of piperidine rings is 1. The van der Waals surface area contributed by atoms with E-state index in [1.807, 2.05) is 6.07 Å². The molecule has 1 aliphatic heterocycles. The van der Waals surface area contributed by atoms with Crippen LogP contribution in [0, 0.1) is 0 Å². The van der Waals surface area contributed by atoms with Crippen molar-refractivity contribution in [2.24, 2.45) is 5.73 Å². The van der Waals surface area contributed by atoms with Gasteiger partial charge in [-0.2, -0.15) is 13.5 Å². The fourth-order valence-electron chi connectivity index (χ4n) is 6.38. The Morgan fingerprint density at radius 2 is 1.60 bits per heavy atom. The second-order valence-electron chi connectivity index (χ2n) is 12.5. The second-order valence-corrected chi connectivity index (χ2v) is 14.6. The number of nitrogens with one attached hydrogen (secondary N) is 1. The number of carbonyl (C=O) groups excluding carboxylic acids is 1. The number of hydrogen-bond acceptors (Lipinski definition) is 6. The summed E-state index contributed by atoms with van der Waals surface area (Å²) in [4.78, 5) is 14.8. The van der Waals surface area contributed by atoms with Gasteiger partial charge in [0.15, 0.2) is 6.04 Å². The monoisotopic (exact) mass is 697 g/mol. The number of amides is 1. The molecule has 3 N–H and O–H groups in total. The summed E-state index contributed by atoms with van der Waals surface area (Å²) in [5, 5.41) is 1.83. The van der Waals surface area contributed by atoms with Gasteiger partial charge in [0.25, 0.3) is 5.92 Å². The third kappa shape index (κ3) is 7.29. The molecule has 0 radical (unpaired) electrons. The number of alkyl halides is 2. The van der Waals surface area contributed by atoms with Gasteiger partial charge in [0, 0.05) is 35.3 Å². The van der Waals surface area contributed by atoms with Gasteiger partial charge in [0.1, 0.15) is 11.5 Å². The number of fused-ring (bicyclic) bond motifs is 1. The topological polar surface area (TPSA) is 111 Å². The fraction of sp³-hybridized carbons (Fsp3) is 0.361. The van der Waals surface area contributed by atoms with Gasteiger partial charge in [-0.15, -0.1) is 0 Å². The number of methoxy groups -OCH3 is 1. The van der Waals surface area contributed by atoms with E-state index in [9.17, 15) is 13.2 Å². The van der Waals surface area contributed by atoms with Crippen molar-refractivity contribution in [1.29, 1.82) is 0 Å². The summed E-state index contributed by atoms with van der Waals surface area (Å²) in [7, 11) is -3.26. The first-order valence-electron chi connectivity index (χ1n) is 16.0. The molecule has 1 heterocycles. The molecule has 4 aromatic carbocycles. The number of halogens is 3. The Hall–Kier alpha value is -3.77. The molecule has 1 saturated heterocycles. The zero-order chi connectivity index (χ0) is 34.1. The number of ether oxygens (including phenoxy) is 2. The summed E-state index contributed by atoms with van der Waals surface area (Å²) in [5.74, 6) is -4.20. The molecule has 6 rings (SSSR count). The number of likely N-dealkylation sites (tertiary alicyclic amines) is 1. The molecule has 48 heavy (non-hydrogen) atoms. The maximum atomic E-state index is 16.6. The highest BCUT2D eigenvalue weighted by molar-refractivity contribution is 7.89. The van der Waals surface area contributed by atoms with Gasteiger partial charge < -0.3 is 20.1 Å². The van der Waals surface area contributed by atoms with Gasteiger partial charge in [0.05, 0.1) is 18.1 Å². The Balaban J connectivity index is 1.32. The molecule has 1 saturated carbocycles. The molecule has 0 spiro atoms. The van der Waals surface area contributed by atoms with Crippen molar-refractivity contribution in [3.63, 3.8) is 0 Å². The predicted molar refractivity (Wildman–Crippen MR) is 182 cm³/mol. The molecule has 2 fully saturated rings. The molecule has 1 aliphatic carbocycles. The van der Waals surface area contributed by atoms with Crippen LogP contribution in [0.15, 0.2) is 83.8 Å². The van der Waals surface area contributed by atoms with Crippen LogP contribution in [0.2, 0.25) is 5.02 Å². The lowest BCUT2D eigenvalue weighted by molar-refractivity contribution is -0.145. The lowest BCUT2D eigenvalue weighted by Crippen LogP contribution is -2.58. The summed E-state index contributed by atoms with van der Waals surface area (Å²) in [6.45, 7) is 0.267. The lowest BCUT2D eigenvalue weighted by Gasteiger charge is -2.35. The van der Waals surface area contributed by atoms with Crippen LogP contribution in [0.3, 0.4) is 0 Å². The minimum absolute atomic E-state index is 0.123. The van der Waals surface area contributed by atoms with Crippen molar-refractivity contribution in [3.05, 3.63) is 89.4 Å². The first-order valence-corrected chi connectivity index (χ1v) is 17.9. The SMILES string of the molecule is COc1cc(C(F)(F)C(NS(=O)(=O)c2ccc3cc(OC4CCCC4)ccc3c2)C(=O)N2CCC(N)CC2)ccc1-c1ccc(Cl)cc1. The standard InChI is InChI=1S/C36H38ClF2N3O5S/c1-46-33-22-26(10-15-32(33)23-6-11-27(37)12-7-23)36(38,39)34(35(43)42-18-16-28(40)17-19-42)41-48(44,45)31-14-9-24-20-30(13-8-25(24)21-31)47-29-4-2-3-5-29/h6-15,20-22,28-29,34,41H,2-5,16-19,40H2,1H3. The Bertz CT molecular complexity index is 1890. The molecular formula is C36H38ClF2N3O5S. The van der Waals surface area contributed by atoms with Crippen LogP contribution in [-0.4, -0.2) is 57.6 Å². The third-order valence-corrected chi connectivity index (χ3v) is 10.8. The van der Waals surface area contributed by atoms with Gasteiger partial charge in [0.2, 0.25) is 15.9 Å². The van der Waals surface area contributed by atoms with E-state index in [0.717, 1.165) is 37.1 Å². The number of rotatable bonds is 10. The maximum absolute atomic E-state index is 16.6. The Kier molecular flexibility index (Phi) is 9.94. The smallest absolute Gasteiger partial charge is 0.298 e. The van der Waals surface area contributed by atoms with Crippen LogP contribution in [0.1, 0.15) is 44.1 Å². The highest BCUT2D eigenvalue weighted by Gasteiger charge is 2.50. The van der Waals surface area contributed by atoms with Gasteiger partial charge in [-0.3, -0.25) is 4.79 Å². The average Bonchev–Trinajstić information content (AvgIpc) is 3.60. The van der Waals surface area contributed by atoms with Crippen molar-refractivity contribution in [3.8, 4) is 22.6 Å². The fourth-order valence-corrected chi connectivity index (χ4v) is 7.73. The lowest BCUT2D eigenvalue weighted by atomic mass is 9.95. The Morgan fingerprint density at radius 3 is 2.29 bits per heavy atom. The van der Waals surface area contributed by atoms with Crippen molar-refractivity contribution >= 4 is 38.3 Å². The Labute approximate surface area is 284 Å². The van der Waals surface area contributed by atoms with E-state index in [1.165, 1.54) is 36.3 Å². The molecule has 1 amide bonds. The number of nitrogens with two attached hydrogens (primary N) is 1. The molecule has 1 atom stereocenters. The third-order valence-electron chi connectivity index (χ3n) is 9.17. The number of nitrogens with zero attached hydrogens (tertiary/aromatic N) is 1. The molecule has 254 valence electrons. The van der Waals surface area contributed by atoms with Crippen LogP contribution in [-0.2, 0) is 20.7 Å². The predicted octanol–water partition coefficient (Wildman–Crippen LogP) is 6.88.